The molecule has 3 rings (SSSR count). The van der Waals surface area contributed by atoms with Gasteiger partial charge in [-0.25, -0.2) is 0 Å². The van der Waals surface area contributed by atoms with Crippen LogP contribution in [0.1, 0.15) is 38.3 Å². The summed E-state index contributed by atoms with van der Waals surface area (Å²) in [6, 6.07) is 6.74. The van der Waals surface area contributed by atoms with Crippen LogP contribution in [0.2, 0.25) is 0 Å². The predicted molar refractivity (Wildman–Crippen MR) is 78.9 cm³/mol. The minimum absolute atomic E-state index is 0.0313. The maximum absolute atomic E-state index is 6.39. The van der Waals surface area contributed by atoms with Crippen LogP contribution in [0.3, 0.4) is 0 Å². The number of rotatable bonds is 4. The quantitative estimate of drug-likeness (QED) is 0.918. The zero-order valence-corrected chi connectivity index (χ0v) is 12.3. The minimum Gasteiger partial charge on any atom is -0.454 e. The van der Waals surface area contributed by atoms with Crippen molar-refractivity contribution in [2.24, 2.45) is 11.7 Å². The molecule has 2 heterocycles. The maximum atomic E-state index is 6.39. The molecule has 0 spiro atoms. The van der Waals surface area contributed by atoms with Gasteiger partial charge < -0.3 is 15.2 Å². The van der Waals surface area contributed by atoms with E-state index in [0.29, 0.717) is 18.8 Å². The Morgan fingerprint density at radius 2 is 2.10 bits per heavy atom. The number of hydrogen-bond donors (Lipinski definition) is 1. The highest BCUT2D eigenvalue weighted by atomic mass is 16.7. The Bertz CT molecular complexity index is 476. The number of nitrogens with two attached hydrogens (primary N) is 1. The zero-order valence-electron chi connectivity index (χ0n) is 12.3. The number of benzene rings is 1. The second-order valence-electron chi connectivity index (χ2n) is 6.17. The van der Waals surface area contributed by atoms with E-state index in [4.69, 9.17) is 15.2 Å². The summed E-state index contributed by atoms with van der Waals surface area (Å²) in [6.07, 6.45) is 2.59. The van der Waals surface area contributed by atoms with Crippen LogP contribution in [0.15, 0.2) is 18.2 Å². The standard InChI is InChI=1S/C16H24N2O2/c1-11(2)14-4-3-7-18(14)9-13(17)12-5-6-15-16(8-12)20-10-19-15/h5-6,8,11,13-14H,3-4,7,9-10,17H2,1-2H3. The molecule has 0 bridgehead atoms. The third-order valence-electron chi connectivity index (χ3n) is 4.44. The van der Waals surface area contributed by atoms with E-state index in [9.17, 15) is 0 Å². The summed E-state index contributed by atoms with van der Waals surface area (Å²) in [4.78, 5) is 2.54. The number of nitrogens with zero attached hydrogens (tertiary/aromatic N) is 1. The average molecular weight is 276 g/mol. The van der Waals surface area contributed by atoms with Crippen molar-refractivity contribution in [3.05, 3.63) is 23.8 Å². The second kappa shape index (κ2) is 5.62. The smallest absolute Gasteiger partial charge is 0.231 e. The molecule has 1 aromatic rings. The van der Waals surface area contributed by atoms with Crippen molar-refractivity contribution in [1.82, 2.24) is 4.90 Å². The van der Waals surface area contributed by atoms with Crippen molar-refractivity contribution in [2.75, 3.05) is 19.9 Å². The Kier molecular flexibility index (Phi) is 3.85. The van der Waals surface area contributed by atoms with Gasteiger partial charge in [-0.1, -0.05) is 19.9 Å². The Hall–Kier alpha value is -1.26. The Balaban J connectivity index is 1.68. The van der Waals surface area contributed by atoms with Gasteiger partial charge in [0.15, 0.2) is 11.5 Å². The van der Waals surface area contributed by atoms with Gasteiger partial charge in [0.25, 0.3) is 0 Å². The van der Waals surface area contributed by atoms with Gasteiger partial charge in [-0.05, 0) is 43.0 Å². The molecule has 1 aromatic carbocycles. The molecule has 0 aromatic heterocycles. The van der Waals surface area contributed by atoms with Crippen LogP contribution in [0, 0.1) is 5.92 Å². The third-order valence-corrected chi connectivity index (χ3v) is 4.44. The van der Waals surface area contributed by atoms with Gasteiger partial charge in [0.2, 0.25) is 6.79 Å². The molecule has 4 heteroatoms. The fourth-order valence-electron chi connectivity index (χ4n) is 3.34. The van der Waals surface area contributed by atoms with E-state index < -0.39 is 0 Å². The van der Waals surface area contributed by atoms with Crippen LogP contribution in [-0.4, -0.2) is 30.8 Å². The zero-order chi connectivity index (χ0) is 14.1. The normalized spacial score (nSPS) is 23.5. The summed E-state index contributed by atoms with van der Waals surface area (Å²) in [6.45, 7) is 7.00. The highest BCUT2D eigenvalue weighted by molar-refractivity contribution is 5.45. The van der Waals surface area contributed by atoms with E-state index in [1.807, 2.05) is 12.1 Å². The minimum atomic E-state index is 0.0313. The van der Waals surface area contributed by atoms with Crippen LogP contribution in [-0.2, 0) is 0 Å². The van der Waals surface area contributed by atoms with Crippen LogP contribution < -0.4 is 15.2 Å². The highest BCUT2D eigenvalue weighted by Crippen LogP contribution is 2.34. The molecular formula is C16H24N2O2. The number of ether oxygens (including phenoxy) is 2. The molecule has 1 fully saturated rings. The Labute approximate surface area is 120 Å². The largest absolute Gasteiger partial charge is 0.454 e. The molecule has 2 N–H and O–H groups in total. The van der Waals surface area contributed by atoms with Crippen molar-refractivity contribution in [2.45, 2.75) is 38.8 Å². The van der Waals surface area contributed by atoms with E-state index in [-0.39, 0.29) is 6.04 Å². The topological polar surface area (TPSA) is 47.7 Å². The first-order chi connectivity index (χ1) is 9.65. The van der Waals surface area contributed by atoms with E-state index >= 15 is 0 Å². The Morgan fingerprint density at radius 1 is 1.30 bits per heavy atom. The molecule has 0 saturated carbocycles. The summed E-state index contributed by atoms with van der Waals surface area (Å²) < 4.78 is 10.8. The van der Waals surface area contributed by atoms with E-state index in [1.54, 1.807) is 0 Å². The van der Waals surface area contributed by atoms with Crippen LogP contribution in [0.5, 0.6) is 11.5 Å². The number of fused-ring (bicyclic) bond motifs is 1. The summed E-state index contributed by atoms with van der Waals surface area (Å²) >= 11 is 0. The first-order valence-electron chi connectivity index (χ1n) is 7.54. The highest BCUT2D eigenvalue weighted by Gasteiger charge is 2.28. The summed E-state index contributed by atoms with van der Waals surface area (Å²) in [7, 11) is 0. The van der Waals surface area contributed by atoms with Crippen molar-refractivity contribution >= 4 is 0 Å². The average Bonchev–Trinajstić information content (AvgIpc) is 3.05. The number of hydrogen-bond acceptors (Lipinski definition) is 4. The molecule has 0 amide bonds. The Morgan fingerprint density at radius 3 is 2.90 bits per heavy atom. The molecule has 2 atom stereocenters. The summed E-state index contributed by atoms with van der Waals surface area (Å²) in [5, 5.41) is 0. The molecule has 0 aliphatic carbocycles. The first kappa shape index (κ1) is 13.7. The molecule has 4 nitrogen and oxygen atoms in total. The first-order valence-corrected chi connectivity index (χ1v) is 7.54. The van der Waals surface area contributed by atoms with Crippen molar-refractivity contribution in [1.29, 1.82) is 0 Å². The SMILES string of the molecule is CC(C)C1CCCN1CC(N)c1ccc2c(c1)OCO2. The molecule has 20 heavy (non-hydrogen) atoms. The lowest BCUT2D eigenvalue weighted by molar-refractivity contribution is 0.174. The van der Waals surface area contributed by atoms with Crippen molar-refractivity contribution in [3.8, 4) is 11.5 Å². The van der Waals surface area contributed by atoms with E-state index in [0.717, 1.165) is 23.6 Å². The van der Waals surface area contributed by atoms with Crippen molar-refractivity contribution < 1.29 is 9.47 Å². The van der Waals surface area contributed by atoms with Crippen molar-refractivity contribution in [3.63, 3.8) is 0 Å². The van der Waals surface area contributed by atoms with E-state index in [2.05, 4.69) is 24.8 Å². The van der Waals surface area contributed by atoms with Gasteiger partial charge in [0, 0.05) is 18.6 Å². The fraction of sp³-hybridized carbons (Fsp3) is 0.625. The molecule has 2 unspecified atom stereocenters. The van der Waals surface area contributed by atoms with Gasteiger partial charge in [0.1, 0.15) is 0 Å². The van der Waals surface area contributed by atoms with Gasteiger partial charge in [0.05, 0.1) is 0 Å². The molecule has 110 valence electrons. The summed E-state index contributed by atoms with van der Waals surface area (Å²) in [5.41, 5.74) is 7.52. The molecule has 2 aliphatic heterocycles. The molecular weight excluding hydrogens is 252 g/mol. The fourth-order valence-corrected chi connectivity index (χ4v) is 3.34. The lowest BCUT2D eigenvalue weighted by Gasteiger charge is -2.30. The maximum Gasteiger partial charge on any atom is 0.231 e. The monoisotopic (exact) mass is 276 g/mol. The van der Waals surface area contributed by atoms with E-state index in [1.165, 1.54) is 19.4 Å². The van der Waals surface area contributed by atoms with Gasteiger partial charge in [-0.15, -0.1) is 0 Å². The van der Waals surface area contributed by atoms with Gasteiger partial charge >= 0.3 is 0 Å². The van der Waals surface area contributed by atoms with Crippen LogP contribution >= 0.6 is 0 Å². The third kappa shape index (κ3) is 2.63. The van der Waals surface area contributed by atoms with Gasteiger partial charge in [-0.2, -0.15) is 0 Å². The predicted octanol–water partition coefficient (Wildman–Crippen LogP) is 2.54. The van der Waals surface area contributed by atoms with Crippen LogP contribution in [0.4, 0.5) is 0 Å². The molecule has 0 radical (unpaired) electrons. The second-order valence-corrected chi connectivity index (χ2v) is 6.17. The lowest BCUT2D eigenvalue weighted by Crippen LogP contribution is -2.38. The van der Waals surface area contributed by atoms with Crippen LogP contribution in [0.25, 0.3) is 0 Å². The van der Waals surface area contributed by atoms with Gasteiger partial charge in [-0.3, -0.25) is 4.90 Å². The number of likely N-dealkylation sites (tertiary alicyclic amines) is 1. The summed E-state index contributed by atoms with van der Waals surface area (Å²) in [5.74, 6) is 2.34. The molecule has 2 aliphatic rings. The molecule has 1 saturated heterocycles. The lowest BCUT2D eigenvalue weighted by atomic mass is 10.0.